The predicted molar refractivity (Wildman–Crippen MR) is 141 cm³/mol. The SMILES string of the molecule is COc1ccc([C@@]23Oc4cc(OCc5ccccc5)cnc4[C@]2(O)[C@H](O)[C@H](C(=O)O)[C@H]3c2ccccc2)cc1. The van der Waals surface area contributed by atoms with Crippen molar-refractivity contribution in [3.63, 3.8) is 0 Å². The van der Waals surface area contributed by atoms with E-state index in [-0.39, 0.29) is 11.4 Å². The average molecular weight is 526 g/mol. The lowest BCUT2D eigenvalue weighted by Crippen LogP contribution is -2.52. The number of methoxy groups -OCH3 is 1. The molecule has 1 fully saturated rings. The number of aromatic nitrogens is 1. The molecule has 0 radical (unpaired) electrons. The first-order chi connectivity index (χ1) is 18.9. The van der Waals surface area contributed by atoms with Crippen molar-refractivity contribution in [3.8, 4) is 17.2 Å². The number of nitrogens with zero attached hydrogens (tertiary/aromatic N) is 1. The van der Waals surface area contributed by atoms with Crippen molar-refractivity contribution in [3.05, 3.63) is 120 Å². The molecule has 0 spiro atoms. The van der Waals surface area contributed by atoms with Crippen molar-refractivity contribution < 1.29 is 34.3 Å². The number of aliphatic carboxylic acids is 1. The number of hydrogen-bond acceptors (Lipinski definition) is 7. The van der Waals surface area contributed by atoms with Gasteiger partial charge in [0.05, 0.1) is 19.2 Å². The van der Waals surface area contributed by atoms with Gasteiger partial charge in [-0.25, -0.2) is 0 Å². The van der Waals surface area contributed by atoms with E-state index in [1.165, 1.54) is 6.20 Å². The van der Waals surface area contributed by atoms with Gasteiger partial charge in [-0.15, -0.1) is 0 Å². The van der Waals surface area contributed by atoms with Gasteiger partial charge in [0.1, 0.15) is 35.7 Å². The normalized spacial score (nSPS) is 26.8. The predicted octanol–water partition coefficient (Wildman–Crippen LogP) is 4.00. The van der Waals surface area contributed by atoms with E-state index in [9.17, 15) is 20.1 Å². The molecule has 0 unspecified atom stereocenters. The number of benzene rings is 3. The van der Waals surface area contributed by atoms with Gasteiger partial charge in [-0.1, -0.05) is 72.8 Å². The lowest BCUT2D eigenvalue weighted by Gasteiger charge is -2.40. The van der Waals surface area contributed by atoms with Crippen LogP contribution in [0.1, 0.15) is 28.3 Å². The highest BCUT2D eigenvalue weighted by molar-refractivity contribution is 5.76. The third-order valence-electron chi connectivity index (χ3n) is 7.80. The highest BCUT2D eigenvalue weighted by Crippen LogP contribution is 2.68. The van der Waals surface area contributed by atoms with Crippen LogP contribution in [0.15, 0.2) is 97.2 Å². The van der Waals surface area contributed by atoms with Crippen molar-refractivity contribution in [2.45, 2.75) is 29.8 Å². The van der Waals surface area contributed by atoms with Crippen LogP contribution in [0.5, 0.6) is 17.2 Å². The topological polar surface area (TPSA) is 118 Å². The van der Waals surface area contributed by atoms with Gasteiger partial charge in [-0.05, 0) is 28.8 Å². The van der Waals surface area contributed by atoms with Gasteiger partial charge in [-0.3, -0.25) is 9.78 Å². The van der Waals surface area contributed by atoms with Gasteiger partial charge in [0.25, 0.3) is 0 Å². The Morgan fingerprint density at radius 2 is 1.64 bits per heavy atom. The molecule has 4 aromatic rings. The quantitative estimate of drug-likeness (QED) is 0.331. The molecule has 2 heterocycles. The van der Waals surface area contributed by atoms with Gasteiger partial charge in [-0.2, -0.15) is 0 Å². The summed E-state index contributed by atoms with van der Waals surface area (Å²) < 4.78 is 17.9. The van der Waals surface area contributed by atoms with Gasteiger partial charge in [0.2, 0.25) is 0 Å². The molecule has 6 rings (SSSR count). The van der Waals surface area contributed by atoms with Crippen molar-refractivity contribution in [2.24, 2.45) is 5.92 Å². The Balaban J connectivity index is 1.52. The molecule has 8 nitrogen and oxygen atoms in total. The van der Waals surface area contributed by atoms with Gasteiger partial charge < -0.3 is 29.5 Å². The Morgan fingerprint density at radius 3 is 2.28 bits per heavy atom. The number of hydrogen-bond donors (Lipinski definition) is 3. The van der Waals surface area contributed by atoms with Crippen molar-refractivity contribution >= 4 is 5.97 Å². The number of carboxylic acids is 1. The summed E-state index contributed by atoms with van der Waals surface area (Å²) in [5, 5.41) is 34.4. The Morgan fingerprint density at radius 1 is 0.974 bits per heavy atom. The maximum atomic E-state index is 12.6. The molecule has 198 valence electrons. The molecule has 0 bridgehead atoms. The summed E-state index contributed by atoms with van der Waals surface area (Å²) in [6.07, 6.45) is -0.280. The van der Waals surface area contributed by atoms with Crippen molar-refractivity contribution in [2.75, 3.05) is 7.11 Å². The van der Waals surface area contributed by atoms with E-state index in [2.05, 4.69) is 4.98 Å². The van der Waals surface area contributed by atoms with Crippen LogP contribution in [0.2, 0.25) is 0 Å². The van der Waals surface area contributed by atoms with E-state index in [1.807, 2.05) is 36.4 Å². The molecule has 1 aromatic heterocycles. The lowest BCUT2D eigenvalue weighted by atomic mass is 9.71. The monoisotopic (exact) mass is 525 g/mol. The first kappa shape index (κ1) is 24.9. The van der Waals surface area contributed by atoms with Gasteiger partial charge >= 0.3 is 5.97 Å². The van der Waals surface area contributed by atoms with E-state index in [4.69, 9.17) is 14.2 Å². The fourth-order valence-electron chi connectivity index (χ4n) is 6.07. The van der Waals surface area contributed by atoms with E-state index >= 15 is 0 Å². The molecule has 0 saturated heterocycles. The highest BCUT2D eigenvalue weighted by atomic mass is 16.5. The molecule has 3 aromatic carbocycles. The van der Waals surface area contributed by atoms with Crippen LogP contribution in [0.4, 0.5) is 0 Å². The van der Waals surface area contributed by atoms with Crippen LogP contribution in [0.3, 0.4) is 0 Å². The molecule has 1 aliphatic carbocycles. The standard InChI is InChI=1S/C31H27NO7/c1-37-22-14-12-21(13-15-22)31-26(20-10-6-3-7-11-20)25(29(34)35)28(33)30(31,36)27-24(39-31)16-23(17-32-27)38-18-19-8-4-2-5-9-19/h2-17,25-26,28,33,36H,18H2,1H3,(H,34,35)/t25-,26-,28-,30+,31+/m1/s1. The zero-order valence-corrected chi connectivity index (χ0v) is 21.1. The number of fused-ring (bicyclic) bond motifs is 3. The Labute approximate surface area is 225 Å². The largest absolute Gasteiger partial charge is 0.497 e. The number of carboxylic acid groups (broad SMARTS) is 1. The molecule has 3 N–H and O–H groups in total. The minimum atomic E-state index is -2.18. The van der Waals surface area contributed by atoms with Gasteiger partial charge in [0.15, 0.2) is 11.2 Å². The van der Waals surface area contributed by atoms with Crippen molar-refractivity contribution in [1.29, 1.82) is 0 Å². The Bertz CT molecular complexity index is 1490. The smallest absolute Gasteiger partial charge is 0.310 e. The van der Waals surface area contributed by atoms with E-state index in [0.717, 1.165) is 5.56 Å². The molecule has 0 amide bonds. The molecular weight excluding hydrogens is 498 g/mol. The molecule has 1 saturated carbocycles. The minimum absolute atomic E-state index is 0.0579. The number of aliphatic hydroxyl groups excluding tert-OH is 1. The van der Waals surface area contributed by atoms with Crippen LogP contribution >= 0.6 is 0 Å². The van der Waals surface area contributed by atoms with Crippen molar-refractivity contribution in [1.82, 2.24) is 4.98 Å². The molecule has 5 atom stereocenters. The van der Waals surface area contributed by atoms with E-state index in [0.29, 0.717) is 29.2 Å². The average Bonchev–Trinajstić information content (AvgIpc) is 3.35. The number of aliphatic hydroxyl groups is 2. The number of pyridine rings is 1. The number of carbonyl (C=O) groups is 1. The number of rotatable bonds is 7. The second-order valence-corrected chi connectivity index (χ2v) is 9.82. The summed E-state index contributed by atoms with van der Waals surface area (Å²) in [6.45, 7) is 0.297. The molecule has 1 aliphatic heterocycles. The third-order valence-corrected chi connectivity index (χ3v) is 7.80. The molecular formula is C31H27NO7. The zero-order chi connectivity index (χ0) is 27.2. The second kappa shape index (κ2) is 9.41. The first-order valence-corrected chi connectivity index (χ1v) is 12.6. The maximum absolute atomic E-state index is 12.6. The zero-order valence-electron chi connectivity index (χ0n) is 21.1. The van der Waals surface area contributed by atoms with E-state index in [1.54, 1.807) is 61.7 Å². The summed E-state index contributed by atoms with van der Waals surface area (Å²) in [5.41, 5.74) is -1.79. The maximum Gasteiger partial charge on any atom is 0.310 e. The van der Waals surface area contributed by atoms with Crippen LogP contribution in [0.25, 0.3) is 0 Å². The minimum Gasteiger partial charge on any atom is -0.497 e. The van der Waals surface area contributed by atoms with Crippen LogP contribution in [-0.4, -0.2) is 39.5 Å². The fourth-order valence-corrected chi connectivity index (χ4v) is 6.07. The summed E-state index contributed by atoms with van der Waals surface area (Å²) >= 11 is 0. The third kappa shape index (κ3) is 3.67. The van der Waals surface area contributed by atoms with Crippen LogP contribution in [-0.2, 0) is 22.6 Å². The van der Waals surface area contributed by atoms with Crippen LogP contribution in [0, 0.1) is 5.92 Å². The van der Waals surface area contributed by atoms with Crippen LogP contribution < -0.4 is 14.2 Å². The number of ether oxygens (including phenoxy) is 3. The molecule has 2 aliphatic rings. The summed E-state index contributed by atoms with van der Waals surface area (Å²) in [5.74, 6) is -2.40. The molecule has 39 heavy (non-hydrogen) atoms. The van der Waals surface area contributed by atoms with Gasteiger partial charge in [0, 0.05) is 12.0 Å². The highest BCUT2D eigenvalue weighted by Gasteiger charge is 2.78. The second-order valence-electron chi connectivity index (χ2n) is 9.82. The Kier molecular flexibility index (Phi) is 6.01. The summed E-state index contributed by atoms with van der Waals surface area (Å²) in [4.78, 5) is 17.1. The fraction of sp³-hybridized carbons (Fsp3) is 0.226. The molecule has 8 heteroatoms. The first-order valence-electron chi connectivity index (χ1n) is 12.6. The Hall–Kier alpha value is -4.40. The van der Waals surface area contributed by atoms with E-state index < -0.39 is 35.1 Å². The summed E-state index contributed by atoms with van der Waals surface area (Å²) in [7, 11) is 1.54. The summed E-state index contributed by atoms with van der Waals surface area (Å²) in [6, 6.07) is 27.1. The lowest BCUT2D eigenvalue weighted by molar-refractivity contribution is -0.160.